The van der Waals surface area contributed by atoms with E-state index in [4.69, 9.17) is 5.53 Å². The van der Waals surface area contributed by atoms with Gasteiger partial charge in [-0.25, -0.2) is 9.80 Å². The van der Waals surface area contributed by atoms with Crippen LogP contribution in [0.25, 0.3) is 10.4 Å². The van der Waals surface area contributed by atoms with Crippen LogP contribution in [0.1, 0.15) is 23.2 Å². The lowest BCUT2D eigenvalue weighted by molar-refractivity contribution is -0.124. The number of hydrogen-bond acceptors (Lipinski definition) is 5. The number of benzene rings is 1. The maximum Gasteiger partial charge on any atom is 0.249 e. The second-order valence-electron chi connectivity index (χ2n) is 10.3. The molecule has 0 spiro atoms. The number of fused-ring (bicyclic) bond motifs is 10. The van der Waals surface area contributed by atoms with Crippen molar-refractivity contribution in [3.63, 3.8) is 0 Å². The molecule has 1 aromatic carbocycles. The summed E-state index contributed by atoms with van der Waals surface area (Å²) in [6, 6.07) is 4.05. The number of nitrogens with zero attached hydrogens (tertiary/aromatic N) is 5. The van der Waals surface area contributed by atoms with Crippen LogP contribution >= 0.6 is 0 Å². The molecule has 1 aromatic rings. The van der Waals surface area contributed by atoms with E-state index in [1.807, 2.05) is 24.3 Å². The Morgan fingerprint density at radius 1 is 0.714 bits per heavy atom. The average Bonchev–Trinajstić information content (AvgIpc) is 3.67. The molecule has 0 radical (unpaired) electrons. The molecular formula is C25H19N5O5. The first kappa shape index (κ1) is 20.3. The minimum atomic E-state index is -0.933. The van der Waals surface area contributed by atoms with Crippen LogP contribution in [0.4, 0.5) is 11.4 Å². The third-order valence-electron chi connectivity index (χ3n) is 8.74. The van der Waals surface area contributed by atoms with Crippen molar-refractivity contribution in [3.8, 4) is 0 Å². The summed E-state index contributed by atoms with van der Waals surface area (Å²) >= 11 is 0. The third-order valence-corrected chi connectivity index (χ3v) is 8.74. The number of imide groups is 2. The summed E-state index contributed by atoms with van der Waals surface area (Å²) in [6.07, 6.45) is 9.48. The number of hydrogen-bond donors (Lipinski definition) is 0. The van der Waals surface area contributed by atoms with Gasteiger partial charge in [-0.2, -0.15) is 0 Å². The van der Waals surface area contributed by atoms with Gasteiger partial charge in [-0.15, -0.1) is 0 Å². The van der Waals surface area contributed by atoms with E-state index in [0.29, 0.717) is 0 Å². The fourth-order valence-corrected chi connectivity index (χ4v) is 7.39. The van der Waals surface area contributed by atoms with Gasteiger partial charge in [0.05, 0.1) is 35.0 Å². The predicted molar refractivity (Wildman–Crippen MR) is 120 cm³/mol. The topological polar surface area (TPSA) is 141 Å². The minimum absolute atomic E-state index is 0.00279. The SMILES string of the molecule is [N-]=[N+]=NC(=O)c1cc(N2C(=O)C3C4C=CC(C4)C3C2=O)cc(N2C(=O)C3C4C=CC(C4)C3C2=O)c1. The van der Waals surface area contributed by atoms with Gasteiger partial charge in [0.1, 0.15) is 0 Å². The van der Waals surface area contributed by atoms with Crippen molar-refractivity contribution < 1.29 is 24.0 Å². The summed E-state index contributed by atoms with van der Waals surface area (Å²) in [5.41, 5.74) is 8.86. The number of anilines is 2. The first-order valence-electron chi connectivity index (χ1n) is 11.8. The summed E-state index contributed by atoms with van der Waals surface area (Å²) < 4.78 is 0. The Labute approximate surface area is 198 Å². The molecule has 2 heterocycles. The van der Waals surface area contributed by atoms with E-state index in [-0.39, 0.29) is 64.2 Å². The Balaban J connectivity index is 1.32. The normalized spacial score (nSPS) is 37.5. The molecule has 35 heavy (non-hydrogen) atoms. The largest absolute Gasteiger partial charge is 0.287 e. The van der Waals surface area contributed by atoms with Crippen LogP contribution in [-0.4, -0.2) is 29.5 Å². The smallest absolute Gasteiger partial charge is 0.249 e. The van der Waals surface area contributed by atoms with E-state index in [0.717, 1.165) is 22.6 Å². The quantitative estimate of drug-likeness (QED) is 0.220. The summed E-state index contributed by atoms with van der Waals surface area (Å²) in [7, 11) is 0. The van der Waals surface area contributed by atoms with Gasteiger partial charge in [0.15, 0.2) is 0 Å². The van der Waals surface area contributed by atoms with Gasteiger partial charge in [0.2, 0.25) is 29.5 Å². The molecular weight excluding hydrogens is 450 g/mol. The highest BCUT2D eigenvalue weighted by molar-refractivity contribution is 6.25. The molecule has 7 rings (SSSR count). The van der Waals surface area contributed by atoms with Crippen LogP contribution in [0.2, 0.25) is 0 Å². The molecule has 10 nitrogen and oxygen atoms in total. The van der Waals surface area contributed by atoms with E-state index in [1.165, 1.54) is 18.2 Å². The van der Waals surface area contributed by atoms with Crippen molar-refractivity contribution in [2.45, 2.75) is 12.8 Å². The Kier molecular flexibility index (Phi) is 3.93. The Morgan fingerprint density at radius 2 is 1.09 bits per heavy atom. The number of allylic oxidation sites excluding steroid dienone is 4. The molecule has 4 aliphatic carbocycles. The molecule has 4 fully saturated rings. The van der Waals surface area contributed by atoms with Crippen LogP contribution in [0.3, 0.4) is 0 Å². The van der Waals surface area contributed by atoms with E-state index >= 15 is 0 Å². The Hall–Kier alpha value is -4.04. The van der Waals surface area contributed by atoms with E-state index < -0.39 is 29.6 Å². The van der Waals surface area contributed by atoms with Crippen LogP contribution in [0.5, 0.6) is 0 Å². The second kappa shape index (κ2) is 6.76. The second-order valence-corrected chi connectivity index (χ2v) is 10.3. The molecule has 2 saturated carbocycles. The number of carbonyl (C=O) groups excluding carboxylic acids is 5. The number of carbonyl (C=O) groups is 5. The molecule has 0 N–H and O–H groups in total. The molecule has 5 amide bonds. The summed E-state index contributed by atoms with van der Waals surface area (Å²) in [5, 5.41) is 3.13. The molecule has 6 aliphatic rings. The summed E-state index contributed by atoms with van der Waals surface area (Å²) in [6.45, 7) is 0. The monoisotopic (exact) mass is 469 g/mol. The van der Waals surface area contributed by atoms with Gasteiger partial charge in [0, 0.05) is 10.5 Å². The Bertz CT molecular complexity index is 1240. The van der Waals surface area contributed by atoms with Crippen LogP contribution < -0.4 is 9.80 Å². The van der Waals surface area contributed by atoms with Crippen LogP contribution in [0.15, 0.2) is 47.6 Å². The highest BCUT2D eigenvalue weighted by atomic mass is 16.2. The first-order valence-corrected chi connectivity index (χ1v) is 11.8. The van der Waals surface area contributed by atoms with Crippen molar-refractivity contribution in [1.29, 1.82) is 0 Å². The fourth-order valence-electron chi connectivity index (χ4n) is 7.39. The summed E-state index contributed by atoms with van der Waals surface area (Å²) in [4.78, 5) is 70.6. The van der Waals surface area contributed by atoms with Gasteiger partial charge in [-0.1, -0.05) is 24.3 Å². The highest BCUT2D eigenvalue weighted by Gasteiger charge is 2.61. The molecule has 2 aliphatic heterocycles. The van der Waals surface area contributed by atoms with Crippen LogP contribution in [-0.2, 0) is 19.2 Å². The van der Waals surface area contributed by atoms with E-state index in [9.17, 15) is 24.0 Å². The zero-order valence-electron chi connectivity index (χ0n) is 18.4. The first-order chi connectivity index (χ1) is 16.9. The standard InChI is InChI=1S/C25H19N5O5/c26-28-27-21(31)14-7-15(29-22(32)17-10-1-2-11(5-10)18(17)23(29)33)9-16(8-14)30-24(34)19-12-3-4-13(6-12)20(19)25(30)35/h1-4,7-13,17-20H,5-6H2. The molecule has 10 heteroatoms. The molecule has 2 saturated heterocycles. The van der Waals surface area contributed by atoms with Crippen molar-refractivity contribution >= 4 is 40.9 Å². The number of amides is 5. The summed E-state index contributed by atoms with van der Waals surface area (Å²) in [5.74, 6) is -4.13. The molecule has 8 atom stereocenters. The third kappa shape index (κ3) is 2.49. The van der Waals surface area contributed by atoms with Gasteiger partial charge in [-0.05, 0) is 65.4 Å². The van der Waals surface area contributed by atoms with Crippen molar-refractivity contribution in [2.75, 3.05) is 9.80 Å². The predicted octanol–water partition coefficient (Wildman–Crippen LogP) is 2.76. The molecule has 8 unspecified atom stereocenters. The number of rotatable bonds is 3. The maximum absolute atomic E-state index is 13.4. The Morgan fingerprint density at radius 3 is 1.43 bits per heavy atom. The molecule has 4 bridgehead atoms. The van der Waals surface area contributed by atoms with Gasteiger partial charge < -0.3 is 0 Å². The van der Waals surface area contributed by atoms with Gasteiger partial charge in [-0.3, -0.25) is 24.0 Å². The lowest BCUT2D eigenvalue weighted by Crippen LogP contribution is -2.35. The van der Waals surface area contributed by atoms with E-state index in [1.54, 1.807) is 0 Å². The lowest BCUT2D eigenvalue weighted by Gasteiger charge is -2.22. The highest BCUT2D eigenvalue weighted by Crippen LogP contribution is 2.55. The maximum atomic E-state index is 13.4. The average molecular weight is 469 g/mol. The van der Waals surface area contributed by atoms with Crippen LogP contribution in [0, 0.1) is 47.3 Å². The minimum Gasteiger partial charge on any atom is -0.287 e. The van der Waals surface area contributed by atoms with Crippen molar-refractivity contribution in [3.05, 3.63) is 58.5 Å². The molecule has 174 valence electrons. The van der Waals surface area contributed by atoms with E-state index in [2.05, 4.69) is 10.0 Å². The zero-order valence-corrected chi connectivity index (χ0v) is 18.4. The number of azide groups is 1. The van der Waals surface area contributed by atoms with Crippen molar-refractivity contribution in [1.82, 2.24) is 0 Å². The fraction of sp³-hybridized carbons (Fsp3) is 0.400. The van der Waals surface area contributed by atoms with Gasteiger partial charge >= 0.3 is 0 Å². The zero-order chi connectivity index (χ0) is 24.2. The van der Waals surface area contributed by atoms with Gasteiger partial charge in [0.25, 0.3) is 0 Å². The molecule has 0 aromatic heterocycles. The lowest BCUT2D eigenvalue weighted by atomic mass is 9.85. The van der Waals surface area contributed by atoms with Crippen molar-refractivity contribution in [2.24, 2.45) is 52.5 Å².